The Morgan fingerprint density at radius 1 is 1.33 bits per heavy atom. The van der Waals surface area contributed by atoms with Gasteiger partial charge in [0.15, 0.2) is 0 Å². The van der Waals surface area contributed by atoms with Crippen molar-refractivity contribution in [2.75, 3.05) is 5.43 Å². The summed E-state index contributed by atoms with van der Waals surface area (Å²) in [5, 5.41) is 14.8. The summed E-state index contributed by atoms with van der Waals surface area (Å²) in [7, 11) is 0. The average molecular weight is 368 g/mol. The molecule has 0 spiro atoms. The van der Waals surface area contributed by atoms with Crippen molar-refractivity contribution in [2.45, 2.75) is 26.9 Å². The van der Waals surface area contributed by atoms with E-state index in [9.17, 15) is 23.3 Å². The second-order valence-corrected chi connectivity index (χ2v) is 6.00. The lowest BCUT2D eigenvalue weighted by Crippen LogP contribution is -2.15. The van der Waals surface area contributed by atoms with Crippen LogP contribution in [0.3, 0.4) is 0 Å². The van der Waals surface area contributed by atoms with Crippen molar-refractivity contribution in [3.05, 3.63) is 33.9 Å². The first-order chi connectivity index (χ1) is 9.43. The van der Waals surface area contributed by atoms with Gasteiger partial charge in [-0.3, -0.25) is 15.5 Å². The van der Waals surface area contributed by atoms with E-state index in [1.165, 1.54) is 0 Å². The van der Waals surface area contributed by atoms with Crippen LogP contribution in [-0.2, 0) is 6.18 Å². The summed E-state index contributed by atoms with van der Waals surface area (Å²) in [5.41, 5.74) is 0.179. The molecule has 5 nitrogen and oxygen atoms in total. The smallest absolute Gasteiger partial charge is 0.271 e. The van der Waals surface area contributed by atoms with E-state index in [0.717, 1.165) is 12.1 Å². The van der Waals surface area contributed by atoms with Crippen molar-refractivity contribution >= 4 is 31.9 Å². The number of nitrogens with zero attached hydrogens (tertiary/aromatic N) is 2. The summed E-state index contributed by atoms with van der Waals surface area (Å²) in [6.07, 6.45) is -4.64. The molecule has 0 saturated heterocycles. The summed E-state index contributed by atoms with van der Waals surface area (Å²) in [6, 6.07) is 2.21. The van der Waals surface area contributed by atoms with Gasteiger partial charge in [0.1, 0.15) is 10.3 Å². The molecule has 1 rings (SSSR count). The van der Waals surface area contributed by atoms with Gasteiger partial charge in [-0.05, 0) is 28.1 Å². The van der Waals surface area contributed by atoms with Crippen LogP contribution in [0.25, 0.3) is 0 Å². The lowest BCUT2D eigenvalue weighted by atomic mass is 9.99. The number of nitro benzene ring substituents is 1. The maximum atomic E-state index is 12.6. The maximum Gasteiger partial charge on any atom is 0.416 e. The number of nitro groups is 1. The SMILES string of the molecule is CC(C)(C)C(Br)=NNc1ccc(C(F)(F)F)cc1[N+](=O)[O-]. The average Bonchev–Trinajstić information content (AvgIpc) is 2.33. The lowest BCUT2D eigenvalue weighted by Gasteiger charge is -2.16. The van der Waals surface area contributed by atoms with E-state index in [2.05, 4.69) is 26.5 Å². The van der Waals surface area contributed by atoms with Crippen LogP contribution < -0.4 is 5.43 Å². The van der Waals surface area contributed by atoms with Gasteiger partial charge in [-0.2, -0.15) is 18.3 Å². The molecule has 21 heavy (non-hydrogen) atoms. The Morgan fingerprint density at radius 2 is 1.90 bits per heavy atom. The van der Waals surface area contributed by atoms with Gasteiger partial charge in [0.2, 0.25) is 0 Å². The lowest BCUT2D eigenvalue weighted by molar-refractivity contribution is -0.384. The minimum atomic E-state index is -4.64. The minimum Gasteiger partial charge on any atom is -0.271 e. The topological polar surface area (TPSA) is 67.5 Å². The molecule has 0 bridgehead atoms. The first-order valence-electron chi connectivity index (χ1n) is 5.78. The van der Waals surface area contributed by atoms with Gasteiger partial charge in [-0.1, -0.05) is 20.8 Å². The number of benzene rings is 1. The second-order valence-electron chi connectivity index (χ2n) is 5.25. The van der Waals surface area contributed by atoms with Crippen LogP contribution in [-0.4, -0.2) is 9.54 Å². The van der Waals surface area contributed by atoms with Crippen molar-refractivity contribution in [2.24, 2.45) is 10.5 Å². The zero-order chi connectivity index (χ0) is 16.4. The van der Waals surface area contributed by atoms with E-state index < -0.39 is 22.4 Å². The van der Waals surface area contributed by atoms with E-state index in [-0.39, 0.29) is 11.1 Å². The van der Waals surface area contributed by atoms with Gasteiger partial charge in [0.05, 0.1) is 10.5 Å². The molecule has 0 aromatic heterocycles. The van der Waals surface area contributed by atoms with Crippen LogP contribution in [0.1, 0.15) is 26.3 Å². The fraction of sp³-hybridized carbons (Fsp3) is 0.417. The van der Waals surface area contributed by atoms with Crippen LogP contribution in [0.2, 0.25) is 0 Å². The van der Waals surface area contributed by atoms with Gasteiger partial charge in [0.25, 0.3) is 5.69 Å². The van der Waals surface area contributed by atoms with Gasteiger partial charge < -0.3 is 0 Å². The zero-order valence-electron chi connectivity index (χ0n) is 11.5. The van der Waals surface area contributed by atoms with Gasteiger partial charge in [0, 0.05) is 11.5 Å². The Hall–Kier alpha value is -1.64. The van der Waals surface area contributed by atoms with E-state index in [0.29, 0.717) is 10.7 Å². The molecule has 0 aliphatic heterocycles. The third kappa shape index (κ3) is 4.69. The molecule has 0 unspecified atom stereocenters. The maximum absolute atomic E-state index is 12.6. The van der Waals surface area contributed by atoms with E-state index in [1.54, 1.807) is 0 Å². The van der Waals surface area contributed by atoms with Crippen molar-refractivity contribution in [3.8, 4) is 0 Å². The molecule has 9 heteroatoms. The quantitative estimate of drug-likeness (QED) is 0.474. The standard InChI is InChI=1S/C12H13BrF3N3O2/c1-11(2,3)10(13)18-17-8-5-4-7(12(14,15)16)6-9(8)19(20)21/h4-6,17H,1-3H3. The third-order valence-electron chi connectivity index (χ3n) is 2.42. The molecule has 0 saturated carbocycles. The number of hydrogen-bond acceptors (Lipinski definition) is 4. The first kappa shape index (κ1) is 17.4. The van der Waals surface area contributed by atoms with Crippen molar-refractivity contribution in [1.29, 1.82) is 0 Å². The molecule has 0 amide bonds. The fourth-order valence-electron chi connectivity index (χ4n) is 1.23. The monoisotopic (exact) mass is 367 g/mol. The molecular formula is C12H13BrF3N3O2. The number of hydrogen-bond donors (Lipinski definition) is 1. The first-order valence-corrected chi connectivity index (χ1v) is 6.57. The molecule has 0 heterocycles. The van der Waals surface area contributed by atoms with Crippen LogP contribution in [0.4, 0.5) is 24.5 Å². The number of halogens is 4. The predicted molar refractivity (Wildman–Crippen MR) is 77.5 cm³/mol. The number of nitrogens with one attached hydrogen (secondary N) is 1. The molecule has 1 aromatic rings. The van der Waals surface area contributed by atoms with E-state index >= 15 is 0 Å². The molecule has 0 aliphatic rings. The highest BCUT2D eigenvalue weighted by Crippen LogP contribution is 2.35. The van der Waals surface area contributed by atoms with Gasteiger partial charge in [-0.25, -0.2) is 0 Å². The molecule has 0 aliphatic carbocycles. The van der Waals surface area contributed by atoms with Crippen LogP contribution >= 0.6 is 15.9 Å². The summed E-state index contributed by atoms with van der Waals surface area (Å²) >= 11 is 3.20. The Kier molecular flexibility index (Phi) is 4.98. The summed E-state index contributed by atoms with van der Waals surface area (Å²) in [5.74, 6) is 0. The second kappa shape index (κ2) is 6.00. The van der Waals surface area contributed by atoms with Crippen molar-refractivity contribution in [1.82, 2.24) is 0 Å². The van der Waals surface area contributed by atoms with Gasteiger partial charge in [-0.15, -0.1) is 0 Å². The zero-order valence-corrected chi connectivity index (χ0v) is 13.0. The number of rotatable bonds is 3. The molecule has 116 valence electrons. The Balaban J connectivity index is 3.17. The minimum absolute atomic E-state index is 0.116. The highest BCUT2D eigenvalue weighted by Gasteiger charge is 2.33. The van der Waals surface area contributed by atoms with Crippen molar-refractivity contribution in [3.63, 3.8) is 0 Å². The predicted octanol–water partition coefficient (Wildman–Crippen LogP) is 4.78. The molecular weight excluding hydrogens is 355 g/mol. The van der Waals surface area contributed by atoms with Crippen molar-refractivity contribution < 1.29 is 18.1 Å². The van der Waals surface area contributed by atoms with Gasteiger partial charge >= 0.3 is 6.18 Å². The largest absolute Gasteiger partial charge is 0.416 e. The Bertz CT molecular complexity index is 580. The molecule has 0 radical (unpaired) electrons. The van der Waals surface area contributed by atoms with Crippen LogP contribution in [0.15, 0.2) is 23.3 Å². The van der Waals surface area contributed by atoms with Crippen LogP contribution in [0.5, 0.6) is 0 Å². The summed E-state index contributed by atoms with van der Waals surface area (Å²) in [4.78, 5) is 9.99. The molecule has 1 N–H and O–H groups in total. The highest BCUT2D eigenvalue weighted by atomic mass is 79.9. The van der Waals surface area contributed by atoms with Crippen LogP contribution in [0, 0.1) is 15.5 Å². The molecule has 0 fully saturated rings. The summed E-state index contributed by atoms with van der Waals surface area (Å²) in [6.45, 7) is 5.55. The van der Waals surface area contributed by atoms with E-state index in [4.69, 9.17) is 0 Å². The Labute approximate surface area is 127 Å². The molecule has 1 aromatic carbocycles. The fourth-order valence-corrected chi connectivity index (χ4v) is 1.32. The highest BCUT2D eigenvalue weighted by molar-refractivity contribution is 9.18. The summed E-state index contributed by atoms with van der Waals surface area (Å²) < 4.78 is 38.1. The molecule has 0 atom stereocenters. The normalized spacial score (nSPS) is 13.2. The Morgan fingerprint density at radius 3 is 2.33 bits per heavy atom. The van der Waals surface area contributed by atoms with E-state index in [1.807, 2.05) is 20.8 Å². The third-order valence-corrected chi connectivity index (χ3v) is 3.78. The number of anilines is 1. The number of hydrazone groups is 1. The number of alkyl halides is 3.